The van der Waals surface area contributed by atoms with Crippen molar-refractivity contribution in [2.45, 2.75) is 58.8 Å². The van der Waals surface area contributed by atoms with Gasteiger partial charge in [0, 0.05) is 22.9 Å². The van der Waals surface area contributed by atoms with E-state index in [-0.39, 0.29) is 16.6 Å². The molecule has 0 atom stereocenters. The van der Waals surface area contributed by atoms with Crippen molar-refractivity contribution in [2.75, 3.05) is 0 Å². The van der Waals surface area contributed by atoms with E-state index in [0.29, 0.717) is 11.1 Å². The number of rotatable bonds is 2. The van der Waals surface area contributed by atoms with Gasteiger partial charge in [-0.25, -0.2) is 8.96 Å². The maximum Gasteiger partial charge on any atom is 0.216 e. The number of nitrogens with zero attached hydrogens (tertiary/aromatic N) is 1. The summed E-state index contributed by atoms with van der Waals surface area (Å²) in [4.78, 5) is 0. The van der Waals surface area contributed by atoms with Gasteiger partial charge in [0.2, 0.25) is 5.69 Å². The van der Waals surface area contributed by atoms with Gasteiger partial charge in [0.05, 0.1) is 11.1 Å². The molecule has 0 amide bonds. The zero-order chi connectivity index (χ0) is 25.6. The van der Waals surface area contributed by atoms with Crippen LogP contribution in [0.25, 0.3) is 44.3 Å². The number of furan rings is 1. The Labute approximate surface area is 212 Å². The van der Waals surface area contributed by atoms with E-state index in [2.05, 4.69) is 102 Å². The minimum Gasteiger partial charge on any atom is -0.454 e. The Morgan fingerprint density at radius 2 is 1.44 bits per heavy atom. The maximum atomic E-state index is 15.6. The largest absolute Gasteiger partial charge is 0.454 e. The molecule has 5 aromatic rings. The third kappa shape index (κ3) is 3.25. The van der Waals surface area contributed by atoms with E-state index < -0.39 is 0 Å². The van der Waals surface area contributed by atoms with Crippen LogP contribution in [0.4, 0.5) is 4.39 Å². The quantitative estimate of drug-likeness (QED) is 0.233. The van der Waals surface area contributed by atoms with Crippen LogP contribution in [0.5, 0.6) is 0 Å². The topological polar surface area (TPSA) is 17.0 Å². The van der Waals surface area contributed by atoms with Crippen LogP contribution in [-0.4, -0.2) is 0 Å². The molecule has 3 heteroatoms. The van der Waals surface area contributed by atoms with E-state index in [4.69, 9.17) is 4.42 Å². The fourth-order valence-corrected chi connectivity index (χ4v) is 6.63. The highest BCUT2D eigenvalue weighted by molar-refractivity contribution is 6.13. The molecular weight excluding hydrogens is 445 g/mol. The smallest absolute Gasteiger partial charge is 0.216 e. The maximum absolute atomic E-state index is 15.6. The Hall–Kier alpha value is -3.46. The molecule has 0 aliphatic heterocycles. The molecule has 0 saturated carbocycles. The molecule has 0 bridgehead atoms. The molecule has 3 aromatic carbocycles. The second-order valence-electron chi connectivity index (χ2n) is 11.9. The molecule has 0 saturated heterocycles. The van der Waals surface area contributed by atoms with Gasteiger partial charge >= 0.3 is 0 Å². The molecule has 0 unspecified atom stereocenters. The molecule has 2 heterocycles. The summed E-state index contributed by atoms with van der Waals surface area (Å²) in [6, 6.07) is 18.4. The zero-order valence-electron chi connectivity index (χ0n) is 22.2. The first-order valence-corrected chi connectivity index (χ1v) is 12.7. The number of aromatic nitrogens is 1. The third-order valence-electron chi connectivity index (χ3n) is 8.18. The molecule has 1 aliphatic carbocycles. The molecule has 2 nitrogen and oxygen atoms in total. The van der Waals surface area contributed by atoms with Crippen molar-refractivity contribution in [3.8, 4) is 22.4 Å². The lowest BCUT2D eigenvalue weighted by Gasteiger charge is -2.22. The van der Waals surface area contributed by atoms with Crippen molar-refractivity contribution in [1.29, 1.82) is 0 Å². The minimum absolute atomic E-state index is 0.0390. The van der Waals surface area contributed by atoms with E-state index in [1.165, 1.54) is 16.7 Å². The number of aryl methyl sites for hydroxylation is 3. The van der Waals surface area contributed by atoms with Crippen LogP contribution in [0.2, 0.25) is 0 Å². The Bertz CT molecular complexity index is 1700. The second-order valence-corrected chi connectivity index (χ2v) is 11.9. The van der Waals surface area contributed by atoms with Crippen molar-refractivity contribution >= 4 is 21.9 Å². The SMILES string of the molecule is Cc1cc[n+](C)c(-c2c(C)ccc3c2oc2c(-c4ccc5c(c4)C(C)(C)CC5(C)C)c(F)ccc23)c1. The predicted molar refractivity (Wildman–Crippen MR) is 146 cm³/mol. The number of halogens is 1. The van der Waals surface area contributed by atoms with E-state index in [1.807, 2.05) is 6.07 Å². The van der Waals surface area contributed by atoms with Crippen LogP contribution in [0, 0.1) is 19.7 Å². The van der Waals surface area contributed by atoms with Gasteiger partial charge in [-0.3, -0.25) is 0 Å². The predicted octanol–water partition coefficient (Wildman–Crippen LogP) is 8.46. The summed E-state index contributed by atoms with van der Waals surface area (Å²) in [5.74, 6) is -0.254. The van der Waals surface area contributed by atoms with Crippen molar-refractivity contribution in [3.63, 3.8) is 0 Å². The lowest BCUT2D eigenvalue weighted by molar-refractivity contribution is -0.660. The summed E-state index contributed by atoms with van der Waals surface area (Å²) in [5, 5.41) is 1.95. The second kappa shape index (κ2) is 7.52. The average Bonchev–Trinajstić information content (AvgIpc) is 3.26. The standard InChI is InChI=1S/C33H33FNO/c1-19-14-15-35(7)27(16-19)28-20(2)8-10-22-23-11-13-26(34)29(31(23)36-30(22)28)21-9-12-24-25(17-21)33(5,6)18-32(24,3)4/h8-17H,18H2,1-7H3/q+1. The summed E-state index contributed by atoms with van der Waals surface area (Å²) in [6.45, 7) is 13.4. The van der Waals surface area contributed by atoms with Crippen molar-refractivity contribution in [1.82, 2.24) is 0 Å². The molecule has 0 N–H and O–H groups in total. The molecule has 182 valence electrons. The molecule has 0 fully saturated rings. The molecule has 0 spiro atoms. The highest BCUT2D eigenvalue weighted by Gasteiger charge is 2.42. The number of fused-ring (bicyclic) bond motifs is 4. The summed E-state index contributed by atoms with van der Waals surface area (Å²) in [7, 11) is 2.05. The van der Waals surface area contributed by atoms with Crippen LogP contribution in [-0.2, 0) is 17.9 Å². The van der Waals surface area contributed by atoms with Crippen LogP contribution in [0.15, 0.2) is 65.2 Å². The molecule has 6 rings (SSSR count). The van der Waals surface area contributed by atoms with Crippen LogP contribution in [0.3, 0.4) is 0 Å². The average molecular weight is 479 g/mol. The van der Waals surface area contributed by atoms with E-state index in [1.54, 1.807) is 6.07 Å². The van der Waals surface area contributed by atoms with Gasteiger partial charge in [-0.2, -0.15) is 0 Å². The van der Waals surface area contributed by atoms with Crippen molar-refractivity contribution < 1.29 is 13.4 Å². The monoisotopic (exact) mass is 478 g/mol. The first kappa shape index (κ1) is 23.0. The summed E-state index contributed by atoms with van der Waals surface area (Å²) >= 11 is 0. The first-order chi connectivity index (χ1) is 17.0. The molecule has 2 aromatic heterocycles. The Morgan fingerprint density at radius 1 is 0.778 bits per heavy atom. The van der Waals surface area contributed by atoms with E-state index in [9.17, 15) is 0 Å². The van der Waals surface area contributed by atoms with Gasteiger partial charge < -0.3 is 4.42 Å². The highest BCUT2D eigenvalue weighted by atomic mass is 19.1. The van der Waals surface area contributed by atoms with Crippen LogP contribution in [0.1, 0.15) is 56.4 Å². The van der Waals surface area contributed by atoms with Gasteiger partial charge in [-0.1, -0.05) is 58.0 Å². The van der Waals surface area contributed by atoms with Gasteiger partial charge in [0.25, 0.3) is 0 Å². The van der Waals surface area contributed by atoms with Crippen LogP contribution < -0.4 is 4.57 Å². The molecule has 36 heavy (non-hydrogen) atoms. The number of pyridine rings is 1. The Balaban J connectivity index is 1.66. The highest BCUT2D eigenvalue weighted by Crippen LogP contribution is 2.51. The first-order valence-electron chi connectivity index (χ1n) is 12.7. The minimum atomic E-state index is -0.254. The van der Waals surface area contributed by atoms with Gasteiger partial charge in [-0.15, -0.1) is 0 Å². The lowest BCUT2D eigenvalue weighted by Crippen LogP contribution is -2.30. The van der Waals surface area contributed by atoms with E-state index >= 15 is 4.39 Å². The van der Waals surface area contributed by atoms with E-state index in [0.717, 1.165) is 45.2 Å². The van der Waals surface area contributed by atoms with Crippen molar-refractivity contribution in [2.24, 2.45) is 7.05 Å². The summed E-state index contributed by atoms with van der Waals surface area (Å²) in [5.41, 5.74) is 10.1. The number of hydrogen-bond acceptors (Lipinski definition) is 1. The summed E-state index contributed by atoms with van der Waals surface area (Å²) in [6.07, 6.45) is 3.15. The Kier molecular flexibility index (Phi) is 4.80. The fourth-order valence-electron chi connectivity index (χ4n) is 6.63. The number of hydrogen-bond donors (Lipinski definition) is 0. The Morgan fingerprint density at radius 3 is 2.19 bits per heavy atom. The normalized spacial score (nSPS) is 16.1. The number of benzene rings is 3. The summed E-state index contributed by atoms with van der Waals surface area (Å²) < 4.78 is 24.3. The van der Waals surface area contributed by atoms with Gasteiger partial charge in [-0.05, 0) is 71.0 Å². The molecule has 1 aliphatic rings. The molecule has 0 radical (unpaired) electrons. The molecular formula is C33H33FNO+. The lowest BCUT2D eigenvalue weighted by atomic mass is 9.82. The van der Waals surface area contributed by atoms with Gasteiger partial charge in [0.15, 0.2) is 6.20 Å². The third-order valence-corrected chi connectivity index (χ3v) is 8.18. The van der Waals surface area contributed by atoms with Gasteiger partial charge in [0.1, 0.15) is 24.0 Å². The van der Waals surface area contributed by atoms with Crippen molar-refractivity contribution in [3.05, 3.63) is 88.9 Å². The zero-order valence-corrected chi connectivity index (χ0v) is 22.2. The van der Waals surface area contributed by atoms with Crippen LogP contribution >= 0.6 is 0 Å². The fraction of sp³-hybridized carbons (Fsp3) is 0.303.